The fourth-order valence-corrected chi connectivity index (χ4v) is 1.14. The van der Waals surface area contributed by atoms with Crippen molar-refractivity contribution in [3.63, 3.8) is 0 Å². The number of pyridine rings is 1. The molecule has 70 valence electrons. The second-order valence-corrected chi connectivity index (χ2v) is 2.63. The molecule has 0 radical (unpaired) electrons. The van der Waals surface area contributed by atoms with Crippen LogP contribution in [0.1, 0.15) is 19.5 Å². The minimum Gasteiger partial charge on any atom is -0.266 e. The molecule has 0 atom stereocenters. The molecule has 0 saturated heterocycles. The fourth-order valence-electron chi connectivity index (χ4n) is 1.14. The molecule has 13 heavy (non-hydrogen) atoms. The highest BCUT2D eigenvalue weighted by Crippen LogP contribution is 2.09. The van der Waals surface area contributed by atoms with E-state index in [9.17, 15) is 0 Å². The molecule has 0 aliphatic carbocycles. The Morgan fingerprint density at radius 2 is 1.92 bits per heavy atom. The Labute approximate surface area is 78.4 Å². The van der Waals surface area contributed by atoms with Gasteiger partial charge in [0.1, 0.15) is 5.52 Å². The number of hydrogen-bond acceptors (Lipinski definition) is 2. The van der Waals surface area contributed by atoms with Gasteiger partial charge in [0, 0.05) is 12.7 Å². The van der Waals surface area contributed by atoms with Gasteiger partial charge in [-0.25, -0.2) is 4.98 Å². The van der Waals surface area contributed by atoms with Crippen LogP contribution >= 0.6 is 0 Å². The van der Waals surface area contributed by atoms with Crippen molar-refractivity contribution in [2.45, 2.75) is 20.8 Å². The minimum absolute atomic E-state index is 0.965. The highest BCUT2D eigenvalue weighted by atomic mass is 15.3. The second kappa shape index (κ2) is 4.03. The van der Waals surface area contributed by atoms with Gasteiger partial charge in [0.2, 0.25) is 0 Å². The predicted molar refractivity (Wildman–Crippen MR) is 54.6 cm³/mol. The van der Waals surface area contributed by atoms with E-state index in [2.05, 4.69) is 10.1 Å². The number of hydrogen-bond donors (Lipinski definition) is 0. The van der Waals surface area contributed by atoms with Crippen LogP contribution in [-0.2, 0) is 7.05 Å². The van der Waals surface area contributed by atoms with Crippen molar-refractivity contribution in [2.24, 2.45) is 7.05 Å². The van der Waals surface area contributed by atoms with Crippen LogP contribution in [0.3, 0.4) is 0 Å². The third-order valence-corrected chi connectivity index (χ3v) is 1.74. The summed E-state index contributed by atoms with van der Waals surface area (Å²) < 4.78 is 1.82. The third kappa shape index (κ3) is 1.86. The Morgan fingerprint density at radius 3 is 2.62 bits per heavy atom. The van der Waals surface area contributed by atoms with Crippen molar-refractivity contribution in [2.75, 3.05) is 0 Å². The quantitative estimate of drug-likeness (QED) is 0.618. The number of aromatic nitrogens is 3. The normalized spacial score (nSPS) is 9.54. The summed E-state index contributed by atoms with van der Waals surface area (Å²) in [6.07, 6.45) is 1.78. The molecule has 0 aliphatic rings. The van der Waals surface area contributed by atoms with Crippen LogP contribution in [0.25, 0.3) is 11.0 Å². The molecule has 2 aromatic heterocycles. The monoisotopic (exact) mass is 177 g/mol. The van der Waals surface area contributed by atoms with E-state index in [0.29, 0.717) is 0 Å². The van der Waals surface area contributed by atoms with Crippen molar-refractivity contribution < 1.29 is 0 Å². The van der Waals surface area contributed by atoms with E-state index >= 15 is 0 Å². The zero-order valence-corrected chi connectivity index (χ0v) is 8.57. The van der Waals surface area contributed by atoms with Crippen molar-refractivity contribution in [3.05, 3.63) is 24.0 Å². The van der Waals surface area contributed by atoms with Gasteiger partial charge in [-0.1, -0.05) is 13.8 Å². The van der Waals surface area contributed by atoms with Gasteiger partial charge in [-0.3, -0.25) is 4.68 Å². The molecule has 0 bridgehead atoms. The van der Waals surface area contributed by atoms with E-state index in [-0.39, 0.29) is 0 Å². The van der Waals surface area contributed by atoms with E-state index in [1.807, 2.05) is 44.6 Å². The first-order valence-corrected chi connectivity index (χ1v) is 4.53. The lowest BCUT2D eigenvalue weighted by Gasteiger charge is -1.93. The lowest BCUT2D eigenvalue weighted by molar-refractivity contribution is 0.797. The summed E-state index contributed by atoms with van der Waals surface area (Å²) in [5.41, 5.74) is 3.08. The van der Waals surface area contributed by atoms with Gasteiger partial charge in [-0.05, 0) is 19.1 Å². The van der Waals surface area contributed by atoms with Crippen LogP contribution < -0.4 is 0 Å². The molecule has 2 rings (SSSR count). The summed E-state index contributed by atoms with van der Waals surface area (Å²) in [7, 11) is 1.92. The van der Waals surface area contributed by atoms with Gasteiger partial charge >= 0.3 is 0 Å². The predicted octanol–water partition coefficient (Wildman–Crippen LogP) is 2.30. The van der Waals surface area contributed by atoms with Crippen LogP contribution in [0.5, 0.6) is 0 Å². The minimum atomic E-state index is 0.965. The second-order valence-electron chi connectivity index (χ2n) is 2.63. The van der Waals surface area contributed by atoms with E-state index in [4.69, 9.17) is 0 Å². The van der Waals surface area contributed by atoms with E-state index in [1.54, 1.807) is 6.20 Å². The largest absolute Gasteiger partial charge is 0.266 e. The summed E-state index contributed by atoms with van der Waals surface area (Å²) in [6, 6.07) is 4.02. The first kappa shape index (κ1) is 9.71. The zero-order valence-electron chi connectivity index (χ0n) is 8.57. The van der Waals surface area contributed by atoms with Gasteiger partial charge in [0.25, 0.3) is 0 Å². The number of rotatable bonds is 0. The molecule has 2 aromatic rings. The standard InChI is InChI=1S/C8H9N3.C2H6/c1-6-3-4-8-7(10-6)5-9-11(8)2;1-2/h3-5H,1-2H3;1-2H3. The van der Waals surface area contributed by atoms with Crippen LogP contribution in [0.2, 0.25) is 0 Å². The highest BCUT2D eigenvalue weighted by molar-refractivity contribution is 5.73. The molecule has 3 heteroatoms. The fraction of sp³-hybridized carbons (Fsp3) is 0.400. The van der Waals surface area contributed by atoms with Crippen LogP contribution in [-0.4, -0.2) is 14.8 Å². The van der Waals surface area contributed by atoms with E-state index in [1.165, 1.54) is 0 Å². The average molecular weight is 177 g/mol. The molecule has 0 saturated carbocycles. The molecule has 3 nitrogen and oxygen atoms in total. The van der Waals surface area contributed by atoms with Gasteiger partial charge in [-0.15, -0.1) is 0 Å². The lowest BCUT2D eigenvalue weighted by atomic mass is 10.3. The smallest absolute Gasteiger partial charge is 0.109 e. The van der Waals surface area contributed by atoms with E-state index < -0.39 is 0 Å². The topological polar surface area (TPSA) is 30.7 Å². The Hall–Kier alpha value is -1.38. The average Bonchev–Trinajstić information content (AvgIpc) is 2.51. The first-order valence-electron chi connectivity index (χ1n) is 4.53. The third-order valence-electron chi connectivity index (χ3n) is 1.74. The maximum absolute atomic E-state index is 4.31. The molecule has 0 spiro atoms. The molecule has 0 fully saturated rings. The number of nitrogens with zero attached hydrogens (tertiary/aromatic N) is 3. The molecular formula is C10H15N3. The zero-order chi connectivity index (χ0) is 9.84. The molecule has 0 aliphatic heterocycles. The summed E-state index contributed by atoms with van der Waals surface area (Å²) >= 11 is 0. The Bertz CT molecular complexity index is 390. The SMILES string of the molecule is CC.Cc1ccc2c(cnn2C)n1. The van der Waals surface area contributed by atoms with Crippen LogP contribution in [0.4, 0.5) is 0 Å². The molecule has 2 heterocycles. The van der Waals surface area contributed by atoms with Crippen molar-refractivity contribution in [1.82, 2.24) is 14.8 Å². The summed E-state index contributed by atoms with van der Waals surface area (Å²) in [4.78, 5) is 4.31. The van der Waals surface area contributed by atoms with Crippen molar-refractivity contribution in [1.29, 1.82) is 0 Å². The maximum atomic E-state index is 4.31. The van der Waals surface area contributed by atoms with Gasteiger partial charge in [0.05, 0.1) is 11.7 Å². The maximum Gasteiger partial charge on any atom is 0.109 e. The molecule has 0 N–H and O–H groups in total. The van der Waals surface area contributed by atoms with Crippen LogP contribution in [0, 0.1) is 6.92 Å². The number of fused-ring (bicyclic) bond motifs is 1. The molecule has 0 aromatic carbocycles. The summed E-state index contributed by atoms with van der Waals surface area (Å²) in [6.45, 7) is 5.98. The molecule has 0 amide bonds. The Balaban J connectivity index is 0.000000396. The van der Waals surface area contributed by atoms with Crippen molar-refractivity contribution >= 4 is 11.0 Å². The molecule has 0 unspecified atom stereocenters. The van der Waals surface area contributed by atoms with Crippen molar-refractivity contribution in [3.8, 4) is 0 Å². The highest BCUT2D eigenvalue weighted by Gasteiger charge is 1.98. The van der Waals surface area contributed by atoms with Gasteiger partial charge < -0.3 is 0 Å². The molecular weight excluding hydrogens is 162 g/mol. The Kier molecular flexibility index (Phi) is 3.01. The van der Waals surface area contributed by atoms with Gasteiger partial charge in [0.15, 0.2) is 0 Å². The van der Waals surface area contributed by atoms with Gasteiger partial charge in [-0.2, -0.15) is 5.10 Å². The number of aryl methyl sites for hydroxylation is 2. The summed E-state index contributed by atoms with van der Waals surface area (Å²) in [5, 5.41) is 4.09. The Morgan fingerprint density at radius 1 is 1.23 bits per heavy atom. The van der Waals surface area contributed by atoms with Crippen LogP contribution in [0.15, 0.2) is 18.3 Å². The summed E-state index contributed by atoms with van der Waals surface area (Å²) in [5.74, 6) is 0. The van der Waals surface area contributed by atoms with E-state index in [0.717, 1.165) is 16.7 Å². The first-order chi connectivity index (χ1) is 6.27. The lowest BCUT2D eigenvalue weighted by Crippen LogP contribution is -1.89.